The summed E-state index contributed by atoms with van der Waals surface area (Å²) in [5.41, 5.74) is 0. The first-order valence-corrected chi connectivity index (χ1v) is 10.7. The summed E-state index contributed by atoms with van der Waals surface area (Å²) in [6.45, 7) is 5.17. The predicted molar refractivity (Wildman–Crippen MR) is 109 cm³/mol. The lowest BCUT2D eigenvalue weighted by Crippen LogP contribution is -2.34. The normalized spacial score (nSPS) is 13.0. The number of rotatable bonds is 18. The Labute approximate surface area is 170 Å². The number of esters is 2. The topological polar surface area (TPSA) is 78.9 Å². The second-order valence-electron chi connectivity index (χ2n) is 7.50. The monoisotopic (exact) mass is 400 g/mol. The summed E-state index contributed by atoms with van der Waals surface area (Å²) in [6.07, 6.45) is 10.2. The van der Waals surface area contributed by atoms with Gasteiger partial charge in [-0.15, -0.1) is 0 Å². The molecule has 2 atom stereocenters. The molecule has 0 radical (unpaired) electrons. The Balaban J connectivity index is 4.40. The second-order valence-corrected chi connectivity index (χ2v) is 7.50. The summed E-state index contributed by atoms with van der Waals surface area (Å²) >= 11 is 0. The van der Waals surface area contributed by atoms with Crippen molar-refractivity contribution >= 4 is 17.7 Å². The maximum atomic E-state index is 11.5. The molecule has 0 aliphatic rings. The highest BCUT2D eigenvalue weighted by atomic mass is 16.6. The van der Waals surface area contributed by atoms with Crippen LogP contribution in [0, 0.1) is 0 Å². The number of hydrogen-bond acceptors (Lipinski definition) is 6. The molecule has 0 aliphatic heterocycles. The molecule has 0 aromatic carbocycles. The van der Waals surface area contributed by atoms with Crippen molar-refractivity contribution in [3.8, 4) is 0 Å². The fourth-order valence-electron chi connectivity index (χ4n) is 3.26. The third-order valence-electron chi connectivity index (χ3n) is 4.65. The number of carbonyl (C=O) groups excluding carboxylic acids is 3. The molecule has 164 valence electrons. The van der Waals surface area contributed by atoms with Crippen molar-refractivity contribution in [1.29, 1.82) is 0 Å². The Bertz CT molecular complexity index is 435. The third kappa shape index (κ3) is 16.7. The fourth-order valence-corrected chi connectivity index (χ4v) is 3.26. The predicted octanol–water partition coefficient (Wildman–Crippen LogP) is 4.77. The minimum atomic E-state index is -0.391. The lowest BCUT2D eigenvalue weighted by Gasteiger charge is -2.26. The zero-order valence-corrected chi connectivity index (χ0v) is 18.3. The van der Waals surface area contributed by atoms with Crippen LogP contribution in [0.25, 0.3) is 0 Å². The molecule has 0 saturated carbocycles. The van der Waals surface area contributed by atoms with Gasteiger partial charge in [0.1, 0.15) is 18.0 Å². The SMILES string of the molecule is COCCCCCCC(OC(C)=O)C(CCCCCCCC(C)=O)OC(C)=O. The van der Waals surface area contributed by atoms with Crippen LogP contribution in [0.2, 0.25) is 0 Å². The van der Waals surface area contributed by atoms with E-state index in [1.165, 1.54) is 13.8 Å². The highest BCUT2D eigenvalue weighted by Gasteiger charge is 2.26. The number of methoxy groups -OCH3 is 1. The summed E-state index contributed by atoms with van der Waals surface area (Å²) in [6, 6.07) is 0. The van der Waals surface area contributed by atoms with Crippen molar-refractivity contribution < 1.29 is 28.6 Å². The van der Waals surface area contributed by atoms with Gasteiger partial charge in [-0.05, 0) is 45.4 Å². The van der Waals surface area contributed by atoms with Crippen LogP contribution >= 0.6 is 0 Å². The second kappa shape index (κ2) is 17.7. The average Bonchev–Trinajstić information content (AvgIpc) is 2.61. The molecule has 0 saturated heterocycles. The number of carbonyl (C=O) groups is 3. The molecule has 0 aromatic heterocycles. The zero-order valence-electron chi connectivity index (χ0n) is 18.3. The molecule has 0 heterocycles. The lowest BCUT2D eigenvalue weighted by molar-refractivity contribution is -0.166. The zero-order chi connectivity index (χ0) is 21.2. The highest BCUT2D eigenvalue weighted by molar-refractivity contribution is 5.75. The Morgan fingerprint density at radius 2 is 1.07 bits per heavy atom. The Morgan fingerprint density at radius 3 is 1.50 bits per heavy atom. The highest BCUT2D eigenvalue weighted by Crippen LogP contribution is 2.20. The summed E-state index contributed by atoms with van der Waals surface area (Å²) in [5.74, 6) is -0.448. The largest absolute Gasteiger partial charge is 0.459 e. The van der Waals surface area contributed by atoms with E-state index in [1.807, 2.05) is 0 Å². The molecule has 0 aromatic rings. The van der Waals surface area contributed by atoms with Gasteiger partial charge in [0.2, 0.25) is 0 Å². The molecule has 0 fully saturated rings. The molecular formula is C22H40O6. The van der Waals surface area contributed by atoms with Gasteiger partial charge in [-0.2, -0.15) is 0 Å². The fraction of sp³-hybridized carbons (Fsp3) is 0.864. The van der Waals surface area contributed by atoms with E-state index < -0.39 is 6.10 Å². The number of hydrogen-bond donors (Lipinski definition) is 0. The van der Waals surface area contributed by atoms with Crippen molar-refractivity contribution in [2.24, 2.45) is 0 Å². The van der Waals surface area contributed by atoms with Gasteiger partial charge in [-0.1, -0.05) is 32.1 Å². The summed E-state index contributed by atoms with van der Waals surface area (Å²) in [5, 5.41) is 0. The van der Waals surface area contributed by atoms with Crippen LogP contribution in [0.3, 0.4) is 0 Å². The van der Waals surface area contributed by atoms with E-state index in [1.54, 1.807) is 14.0 Å². The molecular weight excluding hydrogens is 360 g/mol. The number of unbranched alkanes of at least 4 members (excludes halogenated alkanes) is 7. The van der Waals surface area contributed by atoms with E-state index in [4.69, 9.17) is 14.2 Å². The third-order valence-corrected chi connectivity index (χ3v) is 4.65. The van der Waals surface area contributed by atoms with E-state index in [2.05, 4.69) is 0 Å². The van der Waals surface area contributed by atoms with Gasteiger partial charge in [0.15, 0.2) is 0 Å². The molecule has 6 nitrogen and oxygen atoms in total. The summed E-state index contributed by atoms with van der Waals surface area (Å²) in [4.78, 5) is 34.0. The first-order valence-electron chi connectivity index (χ1n) is 10.7. The Morgan fingerprint density at radius 1 is 0.643 bits per heavy atom. The van der Waals surface area contributed by atoms with Crippen molar-refractivity contribution in [3.63, 3.8) is 0 Å². The van der Waals surface area contributed by atoms with Crippen LogP contribution in [-0.2, 0) is 28.6 Å². The van der Waals surface area contributed by atoms with Crippen LogP contribution in [0.15, 0.2) is 0 Å². The number of Topliss-reactive ketones (excluding diaryl/α,β-unsaturated/α-hetero) is 1. The van der Waals surface area contributed by atoms with Gasteiger partial charge in [0.05, 0.1) is 0 Å². The van der Waals surface area contributed by atoms with Gasteiger partial charge in [0.25, 0.3) is 0 Å². The quantitative estimate of drug-likeness (QED) is 0.244. The van der Waals surface area contributed by atoms with Crippen LogP contribution in [0.5, 0.6) is 0 Å². The maximum Gasteiger partial charge on any atom is 0.303 e. The summed E-state index contributed by atoms with van der Waals surface area (Å²) < 4.78 is 16.0. The Kier molecular flexibility index (Phi) is 16.8. The van der Waals surface area contributed by atoms with Gasteiger partial charge in [-0.3, -0.25) is 9.59 Å². The first-order chi connectivity index (χ1) is 13.4. The minimum absolute atomic E-state index is 0.237. The molecule has 0 bridgehead atoms. The standard InChI is InChI=1S/C22H40O6/c1-18(23)14-10-6-5-7-11-15-21(27-19(2)24)22(28-20(3)25)16-12-8-9-13-17-26-4/h21-22H,5-17H2,1-4H3. The van der Waals surface area contributed by atoms with E-state index in [0.717, 1.165) is 64.4 Å². The van der Waals surface area contributed by atoms with Crippen molar-refractivity contribution in [3.05, 3.63) is 0 Å². The van der Waals surface area contributed by atoms with Gasteiger partial charge < -0.3 is 19.0 Å². The van der Waals surface area contributed by atoms with E-state index in [9.17, 15) is 14.4 Å². The van der Waals surface area contributed by atoms with Gasteiger partial charge in [-0.25, -0.2) is 0 Å². The lowest BCUT2D eigenvalue weighted by atomic mass is 9.99. The van der Waals surface area contributed by atoms with Crippen molar-refractivity contribution in [2.75, 3.05) is 13.7 Å². The van der Waals surface area contributed by atoms with Gasteiger partial charge >= 0.3 is 11.9 Å². The molecule has 28 heavy (non-hydrogen) atoms. The first kappa shape index (κ1) is 26.6. The van der Waals surface area contributed by atoms with E-state index in [0.29, 0.717) is 19.3 Å². The molecule has 0 N–H and O–H groups in total. The molecule has 0 aliphatic carbocycles. The summed E-state index contributed by atoms with van der Waals surface area (Å²) in [7, 11) is 1.70. The smallest absolute Gasteiger partial charge is 0.303 e. The number of ether oxygens (including phenoxy) is 3. The molecule has 0 amide bonds. The average molecular weight is 401 g/mol. The van der Waals surface area contributed by atoms with E-state index >= 15 is 0 Å². The van der Waals surface area contributed by atoms with Crippen LogP contribution < -0.4 is 0 Å². The minimum Gasteiger partial charge on any atom is -0.459 e. The van der Waals surface area contributed by atoms with Crippen LogP contribution in [0.4, 0.5) is 0 Å². The molecule has 6 heteroatoms. The van der Waals surface area contributed by atoms with Gasteiger partial charge in [0, 0.05) is 34.0 Å². The van der Waals surface area contributed by atoms with E-state index in [-0.39, 0.29) is 23.8 Å². The molecule has 0 spiro atoms. The van der Waals surface area contributed by atoms with Crippen molar-refractivity contribution in [1.82, 2.24) is 0 Å². The molecule has 0 rings (SSSR count). The van der Waals surface area contributed by atoms with Crippen LogP contribution in [-0.4, -0.2) is 43.6 Å². The number of ketones is 1. The maximum absolute atomic E-state index is 11.5. The van der Waals surface area contributed by atoms with Crippen molar-refractivity contribution in [2.45, 2.75) is 110 Å². The molecule has 2 unspecified atom stereocenters. The van der Waals surface area contributed by atoms with Crippen LogP contribution in [0.1, 0.15) is 97.8 Å². The Hall–Kier alpha value is -1.43.